The van der Waals surface area contributed by atoms with Gasteiger partial charge in [-0.3, -0.25) is 0 Å². The van der Waals surface area contributed by atoms with Gasteiger partial charge in [0.2, 0.25) is 10.0 Å². The summed E-state index contributed by atoms with van der Waals surface area (Å²) in [5, 5.41) is 0. The molecule has 20 heavy (non-hydrogen) atoms. The fourth-order valence-electron chi connectivity index (χ4n) is 2.29. The SMILES string of the molecule is Cc1cc(F)cc(C)c1S(=O)(=O)N(CCCCl)C(C)C. The molecule has 0 bridgehead atoms. The van der Waals surface area contributed by atoms with Gasteiger partial charge in [0.05, 0.1) is 4.90 Å². The van der Waals surface area contributed by atoms with Gasteiger partial charge in [0, 0.05) is 18.5 Å². The molecule has 0 unspecified atom stereocenters. The van der Waals surface area contributed by atoms with Crippen LogP contribution in [-0.2, 0) is 10.0 Å². The number of aryl methyl sites for hydroxylation is 2. The Hall–Kier alpha value is -0.650. The van der Waals surface area contributed by atoms with Gasteiger partial charge in [-0.15, -0.1) is 11.6 Å². The maximum absolute atomic E-state index is 13.3. The summed E-state index contributed by atoms with van der Waals surface area (Å²) in [6.07, 6.45) is 0.582. The van der Waals surface area contributed by atoms with Gasteiger partial charge >= 0.3 is 0 Å². The number of nitrogens with zero attached hydrogens (tertiary/aromatic N) is 1. The van der Waals surface area contributed by atoms with Gasteiger partial charge in [0.1, 0.15) is 5.82 Å². The molecule has 114 valence electrons. The van der Waals surface area contributed by atoms with E-state index in [-0.39, 0.29) is 10.9 Å². The number of hydrogen-bond donors (Lipinski definition) is 0. The zero-order valence-electron chi connectivity index (χ0n) is 12.3. The Labute approximate surface area is 125 Å². The first kappa shape index (κ1) is 17.4. The predicted octanol–water partition coefficient (Wildman–Crippen LogP) is 3.47. The van der Waals surface area contributed by atoms with E-state index in [9.17, 15) is 12.8 Å². The lowest BCUT2D eigenvalue weighted by atomic mass is 10.1. The first-order chi connectivity index (χ1) is 9.21. The fourth-order valence-corrected chi connectivity index (χ4v) is 4.50. The molecule has 0 N–H and O–H groups in total. The van der Waals surface area contributed by atoms with Crippen LogP contribution in [0.25, 0.3) is 0 Å². The average molecular weight is 322 g/mol. The van der Waals surface area contributed by atoms with Crippen molar-refractivity contribution in [3.8, 4) is 0 Å². The zero-order chi connectivity index (χ0) is 15.5. The van der Waals surface area contributed by atoms with E-state index in [4.69, 9.17) is 11.6 Å². The molecule has 0 spiro atoms. The van der Waals surface area contributed by atoms with E-state index >= 15 is 0 Å². The number of hydrogen-bond acceptors (Lipinski definition) is 2. The summed E-state index contributed by atoms with van der Waals surface area (Å²) in [7, 11) is -3.64. The van der Waals surface area contributed by atoms with Crippen LogP contribution < -0.4 is 0 Å². The molecule has 0 atom stereocenters. The molecule has 0 aliphatic carbocycles. The van der Waals surface area contributed by atoms with E-state index in [1.807, 2.05) is 13.8 Å². The lowest BCUT2D eigenvalue weighted by Crippen LogP contribution is -2.38. The highest BCUT2D eigenvalue weighted by Gasteiger charge is 2.29. The number of benzene rings is 1. The van der Waals surface area contributed by atoms with Crippen LogP contribution in [0.3, 0.4) is 0 Å². The van der Waals surface area contributed by atoms with Crippen molar-refractivity contribution in [2.75, 3.05) is 12.4 Å². The Balaban J connectivity index is 3.34. The third-order valence-corrected chi connectivity index (χ3v) is 5.73. The van der Waals surface area contributed by atoms with Crippen molar-refractivity contribution >= 4 is 21.6 Å². The van der Waals surface area contributed by atoms with E-state index in [2.05, 4.69) is 0 Å². The van der Waals surface area contributed by atoms with Gasteiger partial charge in [-0.2, -0.15) is 4.31 Å². The van der Waals surface area contributed by atoms with Crippen LogP contribution in [0.2, 0.25) is 0 Å². The second-order valence-electron chi connectivity index (χ2n) is 5.12. The zero-order valence-corrected chi connectivity index (χ0v) is 13.9. The van der Waals surface area contributed by atoms with Gasteiger partial charge in [-0.1, -0.05) is 0 Å². The Morgan fingerprint density at radius 3 is 2.15 bits per heavy atom. The first-order valence-corrected chi connectivity index (χ1v) is 8.53. The summed E-state index contributed by atoms with van der Waals surface area (Å²) in [6, 6.07) is 2.33. The standard InChI is InChI=1S/C14H21ClFNO2S/c1-10(2)17(7-5-6-15)20(18,19)14-11(3)8-13(16)9-12(14)4/h8-10H,5-7H2,1-4H3. The second-order valence-corrected chi connectivity index (χ2v) is 7.33. The molecular formula is C14H21ClFNO2S. The molecule has 0 aliphatic heterocycles. The van der Waals surface area contributed by atoms with Gasteiger partial charge < -0.3 is 0 Å². The third-order valence-electron chi connectivity index (χ3n) is 3.08. The van der Waals surface area contributed by atoms with E-state index < -0.39 is 15.8 Å². The van der Waals surface area contributed by atoms with Crippen molar-refractivity contribution in [3.05, 3.63) is 29.1 Å². The fraction of sp³-hybridized carbons (Fsp3) is 0.571. The summed E-state index contributed by atoms with van der Waals surface area (Å²) < 4.78 is 40.3. The van der Waals surface area contributed by atoms with Crippen molar-refractivity contribution in [2.24, 2.45) is 0 Å². The molecular weight excluding hydrogens is 301 g/mol. The lowest BCUT2D eigenvalue weighted by Gasteiger charge is -2.27. The van der Waals surface area contributed by atoms with Crippen LogP contribution in [0.4, 0.5) is 4.39 Å². The van der Waals surface area contributed by atoms with Crippen LogP contribution >= 0.6 is 11.6 Å². The minimum Gasteiger partial charge on any atom is -0.207 e. The normalized spacial score (nSPS) is 12.4. The van der Waals surface area contributed by atoms with Gasteiger partial charge in [-0.05, 0) is 57.4 Å². The molecule has 0 aromatic heterocycles. The molecule has 0 fully saturated rings. The van der Waals surface area contributed by atoms with Crippen molar-refractivity contribution in [1.82, 2.24) is 4.31 Å². The highest BCUT2D eigenvalue weighted by Crippen LogP contribution is 2.26. The molecule has 0 aliphatic rings. The summed E-state index contributed by atoms with van der Waals surface area (Å²) in [5.74, 6) is -0.0177. The molecule has 0 saturated carbocycles. The summed E-state index contributed by atoms with van der Waals surface area (Å²) in [4.78, 5) is 0.196. The maximum atomic E-state index is 13.3. The molecule has 0 saturated heterocycles. The van der Waals surface area contributed by atoms with Crippen LogP contribution in [0, 0.1) is 19.7 Å². The smallest absolute Gasteiger partial charge is 0.207 e. The van der Waals surface area contributed by atoms with Crippen LogP contribution in [0.1, 0.15) is 31.4 Å². The van der Waals surface area contributed by atoms with Gasteiger partial charge in [0.15, 0.2) is 0 Å². The Morgan fingerprint density at radius 1 is 1.25 bits per heavy atom. The van der Waals surface area contributed by atoms with Crippen LogP contribution in [0.5, 0.6) is 0 Å². The quantitative estimate of drug-likeness (QED) is 0.752. The highest BCUT2D eigenvalue weighted by molar-refractivity contribution is 7.89. The lowest BCUT2D eigenvalue weighted by molar-refractivity contribution is 0.354. The summed E-state index contributed by atoms with van der Waals surface area (Å²) in [6.45, 7) is 7.23. The van der Waals surface area contributed by atoms with Crippen LogP contribution in [-0.4, -0.2) is 31.2 Å². The van der Waals surface area contributed by atoms with Crippen molar-refractivity contribution in [3.63, 3.8) is 0 Å². The van der Waals surface area contributed by atoms with Crippen molar-refractivity contribution in [1.29, 1.82) is 0 Å². The third kappa shape index (κ3) is 3.71. The molecule has 1 rings (SSSR count). The van der Waals surface area contributed by atoms with E-state index in [1.54, 1.807) is 13.8 Å². The number of alkyl halides is 1. The summed E-state index contributed by atoms with van der Waals surface area (Å²) >= 11 is 5.66. The number of rotatable bonds is 6. The second kappa shape index (κ2) is 6.87. The Bertz CT molecular complexity index is 550. The molecule has 0 radical (unpaired) electrons. The van der Waals surface area contributed by atoms with Crippen molar-refractivity contribution in [2.45, 2.75) is 45.1 Å². The van der Waals surface area contributed by atoms with E-state index in [0.29, 0.717) is 30.0 Å². The largest absolute Gasteiger partial charge is 0.243 e. The van der Waals surface area contributed by atoms with Gasteiger partial charge in [-0.25, -0.2) is 12.8 Å². The van der Waals surface area contributed by atoms with Crippen molar-refractivity contribution < 1.29 is 12.8 Å². The molecule has 1 aromatic rings. The highest BCUT2D eigenvalue weighted by atomic mass is 35.5. The molecule has 0 heterocycles. The average Bonchev–Trinajstić information content (AvgIpc) is 2.26. The molecule has 6 heteroatoms. The minimum absolute atomic E-state index is 0.174. The monoisotopic (exact) mass is 321 g/mol. The minimum atomic E-state index is -3.64. The topological polar surface area (TPSA) is 37.4 Å². The van der Waals surface area contributed by atoms with Gasteiger partial charge in [0.25, 0.3) is 0 Å². The van der Waals surface area contributed by atoms with E-state index in [1.165, 1.54) is 16.4 Å². The Kier molecular flexibility index (Phi) is 5.98. The molecule has 3 nitrogen and oxygen atoms in total. The predicted molar refractivity (Wildman–Crippen MR) is 80.2 cm³/mol. The Morgan fingerprint density at radius 2 is 1.75 bits per heavy atom. The van der Waals surface area contributed by atoms with E-state index in [0.717, 1.165) is 0 Å². The maximum Gasteiger partial charge on any atom is 0.243 e. The molecule has 0 amide bonds. The molecule has 1 aromatic carbocycles. The number of sulfonamides is 1. The number of halogens is 2. The first-order valence-electron chi connectivity index (χ1n) is 6.56. The van der Waals surface area contributed by atoms with Crippen LogP contribution in [0.15, 0.2) is 17.0 Å². The summed E-state index contributed by atoms with van der Waals surface area (Å²) in [5.41, 5.74) is 0.859.